The summed E-state index contributed by atoms with van der Waals surface area (Å²) < 4.78 is 5.13. The van der Waals surface area contributed by atoms with E-state index >= 15 is 0 Å². The zero-order chi connectivity index (χ0) is 48.7. The highest BCUT2D eigenvalue weighted by Gasteiger charge is 2.20. The third kappa shape index (κ3) is 7.04. The van der Waals surface area contributed by atoms with Gasteiger partial charge in [-0.3, -0.25) is 0 Å². The number of thiophene rings is 1. The maximum absolute atomic E-state index is 5.47. The minimum absolute atomic E-state index is 0.916. The van der Waals surface area contributed by atoms with Crippen molar-refractivity contribution in [1.29, 1.82) is 0 Å². The molecule has 0 aliphatic carbocycles. The van der Waals surface area contributed by atoms with E-state index in [1.807, 2.05) is 11.3 Å². The van der Waals surface area contributed by atoms with Crippen LogP contribution in [0.15, 0.2) is 267 Å². The first kappa shape index (κ1) is 42.3. The van der Waals surface area contributed by atoms with Crippen LogP contribution in [-0.2, 0) is 0 Å². The third-order valence-electron chi connectivity index (χ3n) is 15.2. The summed E-state index contributed by atoms with van der Waals surface area (Å²) in [6.07, 6.45) is 0. The van der Waals surface area contributed by atoms with E-state index in [1.54, 1.807) is 0 Å². The molecule has 3 heterocycles. The molecular formula is C71H44N2S. The lowest BCUT2D eigenvalue weighted by atomic mass is 9.91. The van der Waals surface area contributed by atoms with Crippen molar-refractivity contribution in [1.82, 2.24) is 9.55 Å². The van der Waals surface area contributed by atoms with Gasteiger partial charge in [0.2, 0.25) is 0 Å². The first-order valence-electron chi connectivity index (χ1n) is 25.3. The van der Waals surface area contributed by atoms with Gasteiger partial charge in [0.05, 0.1) is 28.1 Å². The number of rotatable bonds is 7. The first-order valence-corrected chi connectivity index (χ1v) is 26.1. The molecule has 0 saturated carbocycles. The Morgan fingerprint density at radius 1 is 0.230 bits per heavy atom. The van der Waals surface area contributed by atoms with Crippen molar-refractivity contribution in [3.63, 3.8) is 0 Å². The quantitative estimate of drug-likeness (QED) is 0.146. The smallest absolute Gasteiger partial charge is 0.0730 e. The fraction of sp³-hybridized carbons (Fsp3) is 0. The highest BCUT2D eigenvalue weighted by Crippen LogP contribution is 2.44. The zero-order valence-electron chi connectivity index (χ0n) is 40.2. The average molecular weight is 957 g/mol. The fourth-order valence-corrected chi connectivity index (χ4v) is 12.6. The molecule has 0 aliphatic heterocycles. The van der Waals surface area contributed by atoms with Crippen LogP contribution in [0.25, 0.3) is 147 Å². The summed E-state index contributed by atoms with van der Waals surface area (Å²) in [5.41, 5.74) is 16.9. The molecule has 0 bridgehead atoms. The SMILES string of the molecule is c1ccc(-c2ccc(-c3cc(-n4c5ccc(-c6ccccc6)cc5c5cc6c7ccc(-c8ccc9sc%10ccccc%10c9c8)cc7c7ccccc7c6cc54)cc(-c4ccc(-c5ccccc5)cc4)n3)cc2)cc1. The summed E-state index contributed by atoms with van der Waals surface area (Å²) in [6.45, 7) is 0. The van der Waals surface area contributed by atoms with Crippen molar-refractivity contribution < 1.29 is 0 Å². The predicted molar refractivity (Wildman–Crippen MR) is 317 cm³/mol. The standard InChI is InChI=1S/C71H44N2S/c1-4-14-45(15-5-1)48-24-28-50(29-25-48)66-41-55(42-67(72-66)51-30-26-49(27-31-51)46-16-6-2-7-17-46)73-68-36-33-52(47-18-8-3-9-19-47)39-63(68)64-43-61-58-35-32-53(38-60(58)56-20-10-11-21-57(56)62(61)44-69(64)73)54-34-37-71-65(40-54)59-22-12-13-23-70(59)74-71/h1-44H. The lowest BCUT2D eigenvalue weighted by Crippen LogP contribution is -1.98. The van der Waals surface area contributed by atoms with Gasteiger partial charge in [-0.25, -0.2) is 4.98 Å². The second-order valence-corrected chi connectivity index (χ2v) is 20.5. The molecule has 0 radical (unpaired) electrons. The van der Waals surface area contributed by atoms with Crippen LogP contribution in [0.2, 0.25) is 0 Å². The minimum atomic E-state index is 0.916. The second-order valence-electron chi connectivity index (χ2n) is 19.4. The van der Waals surface area contributed by atoms with Crippen molar-refractivity contribution >= 4 is 85.6 Å². The van der Waals surface area contributed by atoms with E-state index in [0.29, 0.717) is 0 Å². The van der Waals surface area contributed by atoms with E-state index in [1.165, 1.54) is 108 Å². The molecule has 15 aromatic rings. The summed E-state index contributed by atoms with van der Waals surface area (Å²) in [6, 6.07) is 98.0. The number of fused-ring (bicyclic) bond motifs is 12. The van der Waals surface area contributed by atoms with Crippen LogP contribution in [-0.4, -0.2) is 9.55 Å². The van der Waals surface area contributed by atoms with Crippen LogP contribution in [0.3, 0.4) is 0 Å². The van der Waals surface area contributed by atoms with Crippen LogP contribution in [0.4, 0.5) is 0 Å². The van der Waals surface area contributed by atoms with Gasteiger partial charge in [0.25, 0.3) is 0 Å². The van der Waals surface area contributed by atoms with E-state index in [0.717, 1.165) is 39.2 Å². The molecule has 0 spiro atoms. The van der Waals surface area contributed by atoms with Crippen molar-refractivity contribution in [2.24, 2.45) is 0 Å². The Kier molecular flexibility index (Phi) is 9.79. The molecule has 0 fully saturated rings. The lowest BCUT2D eigenvalue weighted by molar-refractivity contribution is 1.16. The van der Waals surface area contributed by atoms with E-state index in [4.69, 9.17) is 4.98 Å². The Balaban J connectivity index is 0.969. The van der Waals surface area contributed by atoms with Crippen LogP contribution in [0, 0.1) is 0 Å². The molecule has 15 rings (SSSR count). The summed E-state index contributed by atoms with van der Waals surface area (Å²) in [5.74, 6) is 0. The molecule has 0 saturated heterocycles. The monoisotopic (exact) mass is 956 g/mol. The molecule has 344 valence electrons. The van der Waals surface area contributed by atoms with Crippen LogP contribution >= 0.6 is 11.3 Å². The molecule has 74 heavy (non-hydrogen) atoms. The van der Waals surface area contributed by atoms with Crippen molar-refractivity contribution in [2.75, 3.05) is 0 Å². The van der Waals surface area contributed by atoms with Crippen LogP contribution < -0.4 is 0 Å². The molecule has 0 N–H and O–H groups in total. The number of aromatic nitrogens is 2. The lowest BCUT2D eigenvalue weighted by Gasteiger charge is -2.15. The molecule has 2 nitrogen and oxygen atoms in total. The van der Waals surface area contributed by atoms with Crippen molar-refractivity contribution in [2.45, 2.75) is 0 Å². The molecule has 0 atom stereocenters. The fourth-order valence-electron chi connectivity index (χ4n) is 11.5. The van der Waals surface area contributed by atoms with Gasteiger partial charge in [0.15, 0.2) is 0 Å². The highest BCUT2D eigenvalue weighted by molar-refractivity contribution is 7.25. The Bertz CT molecular complexity index is 4570. The van der Waals surface area contributed by atoms with E-state index in [9.17, 15) is 0 Å². The molecule has 0 amide bonds. The average Bonchev–Trinajstić information content (AvgIpc) is 4.02. The van der Waals surface area contributed by atoms with Crippen molar-refractivity contribution in [3.8, 4) is 72.7 Å². The summed E-state index contributed by atoms with van der Waals surface area (Å²) in [4.78, 5) is 5.47. The maximum Gasteiger partial charge on any atom is 0.0730 e. The first-order chi connectivity index (χ1) is 36.6. The molecular weight excluding hydrogens is 913 g/mol. The normalized spacial score (nSPS) is 11.8. The topological polar surface area (TPSA) is 17.8 Å². The number of hydrogen-bond acceptors (Lipinski definition) is 2. The third-order valence-corrected chi connectivity index (χ3v) is 16.3. The molecule has 3 heteroatoms. The van der Waals surface area contributed by atoms with Crippen LogP contribution in [0.5, 0.6) is 0 Å². The van der Waals surface area contributed by atoms with Gasteiger partial charge >= 0.3 is 0 Å². The molecule has 12 aromatic carbocycles. The predicted octanol–water partition coefficient (Wildman–Crippen LogP) is 20.0. The van der Waals surface area contributed by atoms with Gasteiger partial charge in [0.1, 0.15) is 0 Å². The highest BCUT2D eigenvalue weighted by atomic mass is 32.1. The largest absolute Gasteiger partial charge is 0.309 e. The van der Waals surface area contributed by atoms with E-state index in [2.05, 4.69) is 271 Å². The molecule has 0 unspecified atom stereocenters. The number of pyridine rings is 1. The summed E-state index contributed by atoms with van der Waals surface area (Å²) >= 11 is 1.87. The Hall–Kier alpha value is -9.41. The minimum Gasteiger partial charge on any atom is -0.309 e. The van der Waals surface area contributed by atoms with Gasteiger partial charge in [0, 0.05) is 42.1 Å². The number of nitrogens with zero attached hydrogens (tertiary/aromatic N) is 2. The van der Waals surface area contributed by atoms with Gasteiger partial charge < -0.3 is 4.57 Å². The van der Waals surface area contributed by atoms with E-state index in [-0.39, 0.29) is 0 Å². The molecule has 3 aromatic heterocycles. The summed E-state index contributed by atoms with van der Waals surface area (Å²) in [7, 11) is 0. The summed E-state index contributed by atoms with van der Waals surface area (Å²) in [5, 5.41) is 12.5. The molecule has 0 aliphatic rings. The van der Waals surface area contributed by atoms with Gasteiger partial charge in [-0.1, -0.05) is 206 Å². The Morgan fingerprint density at radius 2 is 0.622 bits per heavy atom. The maximum atomic E-state index is 5.47. The number of benzene rings is 12. The second kappa shape index (κ2) is 17.1. The Labute approximate surface area is 432 Å². The van der Waals surface area contributed by atoms with Crippen molar-refractivity contribution in [3.05, 3.63) is 267 Å². The Morgan fingerprint density at radius 3 is 1.24 bits per heavy atom. The van der Waals surface area contributed by atoms with Crippen LogP contribution in [0.1, 0.15) is 0 Å². The number of hydrogen-bond donors (Lipinski definition) is 0. The zero-order valence-corrected chi connectivity index (χ0v) is 41.0. The van der Waals surface area contributed by atoms with Gasteiger partial charge in [-0.2, -0.15) is 0 Å². The van der Waals surface area contributed by atoms with E-state index < -0.39 is 0 Å². The van der Waals surface area contributed by atoms with Gasteiger partial charge in [-0.05, 0) is 137 Å². The van der Waals surface area contributed by atoms with Gasteiger partial charge in [-0.15, -0.1) is 11.3 Å².